The van der Waals surface area contributed by atoms with Gasteiger partial charge in [0.05, 0.1) is 6.26 Å². The van der Waals surface area contributed by atoms with E-state index in [4.69, 9.17) is 9.52 Å². The SMILES string of the molecule is CC(O)(C=O)c1occc1C(=O)O. The number of furan rings is 1. The van der Waals surface area contributed by atoms with Crippen LogP contribution in [0.5, 0.6) is 0 Å². The van der Waals surface area contributed by atoms with Gasteiger partial charge >= 0.3 is 5.97 Å². The van der Waals surface area contributed by atoms with E-state index < -0.39 is 11.6 Å². The minimum atomic E-state index is -1.89. The average molecular weight is 184 g/mol. The summed E-state index contributed by atoms with van der Waals surface area (Å²) in [6.45, 7) is 1.16. The number of aromatic carboxylic acids is 1. The van der Waals surface area contributed by atoms with Crippen LogP contribution in [-0.2, 0) is 10.4 Å². The van der Waals surface area contributed by atoms with Crippen molar-refractivity contribution in [2.24, 2.45) is 0 Å². The van der Waals surface area contributed by atoms with Gasteiger partial charge in [-0.1, -0.05) is 0 Å². The largest absolute Gasteiger partial charge is 0.478 e. The molecule has 0 spiro atoms. The maximum atomic E-state index is 10.6. The first-order chi connectivity index (χ1) is 5.99. The quantitative estimate of drug-likeness (QED) is 0.663. The van der Waals surface area contributed by atoms with Crippen LogP contribution in [0.3, 0.4) is 0 Å². The number of rotatable bonds is 3. The van der Waals surface area contributed by atoms with E-state index in [2.05, 4.69) is 0 Å². The number of hydrogen-bond acceptors (Lipinski definition) is 4. The monoisotopic (exact) mass is 184 g/mol. The molecule has 0 aliphatic rings. The zero-order chi connectivity index (χ0) is 10.1. The molecule has 13 heavy (non-hydrogen) atoms. The Hall–Kier alpha value is -1.62. The highest BCUT2D eigenvalue weighted by Crippen LogP contribution is 2.23. The molecule has 0 radical (unpaired) electrons. The fourth-order valence-corrected chi connectivity index (χ4v) is 0.923. The van der Waals surface area contributed by atoms with Gasteiger partial charge in [0.25, 0.3) is 0 Å². The molecule has 0 aliphatic heterocycles. The molecule has 1 aromatic rings. The molecule has 1 atom stereocenters. The van der Waals surface area contributed by atoms with Crippen LogP contribution in [-0.4, -0.2) is 22.5 Å². The predicted octanol–water partition coefficient (Wildman–Crippen LogP) is 0.384. The Morgan fingerprint density at radius 2 is 2.31 bits per heavy atom. The molecule has 0 amide bonds. The van der Waals surface area contributed by atoms with E-state index >= 15 is 0 Å². The number of hydrogen-bond donors (Lipinski definition) is 2. The van der Waals surface area contributed by atoms with Crippen molar-refractivity contribution >= 4 is 12.3 Å². The van der Waals surface area contributed by atoms with Gasteiger partial charge < -0.3 is 14.6 Å². The third kappa shape index (κ3) is 1.59. The summed E-state index contributed by atoms with van der Waals surface area (Å²) in [5.41, 5.74) is -2.10. The second-order valence-electron chi connectivity index (χ2n) is 2.73. The molecule has 0 saturated carbocycles. The van der Waals surface area contributed by atoms with Gasteiger partial charge in [0.1, 0.15) is 5.56 Å². The summed E-state index contributed by atoms with van der Waals surface area (Å²) in [4.78, 5) is 21.0. The molecule has 0 saturated heterocycles. The molecule has 5 heteroatoms. The molecular weight excluding hydrogens is 176 g/mol. The average Bonchev–Trinajstić information content (AvgIpc) is 2.52. The smallest absolute Gasteiger partial charge is 0.339 e. The molecule has 1 rings (SSSR count). The minimum Gasteiger partial charge on any atom is -0.478 e. The fourth-order valence-electron chi connectivity index (χ4n) is 0.923. The number of carbonyl (C=O) groups excluding carboxylic acids is 1. The summed E-state index contributed by atoms with van der Waals surface area (Å²) in [6, 6.07) is 1.18. The van der Waals surface area contributed by atoms with Crippen molar-refractivity contribution < 1.29 is 24.2 Å². The van der Waals surface area contributed by atoms with Crippen LogP contribution in [0.1, 0.15) is 23.0 Å². The number of carboxylic acid groups (broad SMARTS) is 1. The first kappa shape index (κ1) is 9.47. The molecule has 2 N–H and O–H groups in total. The van der Waals surface area contributed by atoms with Crippen LogP contribution in [0.2, 0.25) is 0 Å². The minimum absolute atomic E-state index is 0.211. The Bertz CT molecular complexity index is 336. The lowest BCUT2D eigenvalue weighted by atomic mass is 10.0. The first-order valence-electron chi connectivity index (χ1n) is 3.49. The number of carboxylic acids is 1. The summed E-state index contributed by atoms with van der Waals surface area (Å²) in [6.07, 6.45) is 1.33. The highest BCUT2D eigenvalue weighted by Gasteiger charge is 2.31. The highest BCUT2D eigenvalue weighted by atomic mass is 16.4. The third-order valence-corrected chi connectivity index (χ3v) is 1.58. The van der Waals surface area contributed by atoms with Crippen LogP contribution < -0.4 is 0 Å². The molecule has 1 heterocycles. The molecule has 0 aliphatic carbocycles. The number of aliphatic hydroxyl groups is 1. The van der Waals surface area contributed by atoms with Gasteiger partial charge in [0.15, 0.2) is 17.6 Å². The van der Waals surface area contributed by atoms with Crippen molar-refractivity contribution in [1.29, 1.82) is 0 Å². The lowest BCUT2D eigenvalue weighted by Crippen LogP contribution is -2.24. The number of aldehydes is 1. The summed E-state index contributed by atoms with van der Waals surface area (Å²) in [5, 5.41) is 18.0. The maximum Gasteiger partial charge on any atom is 0.339 e. The summed E-state index contributed by atoms with van der Waals surface area (Å²) >= 11 is 0. The Labute approximate surface area is 73.6 Å². The molecule has 0 bridgehead atoms. The van der Waals surface area contributed by atoms with Gasteiger partial charge in [0.2, 0.25) is 0 Å². The summed E-state index contributed by atoms with van der Waals surface area (Å²) < 4.78 is 4.72. The standard InChI is InChI=1S/C8H8O5/c1-8(12,4-9)6-5(7(10)11)2-3-13-6/h2-4,12H,1H3,(H,10,11). The van der Waals surface area contributed by atoms with Gasteiger partial charge in [-0.2, -0.15) is 0 Å². The molecule has 5 nitrogen and oxygen atoms in total. The lowest BCUT2D eigenvalue weighted by Gasteiger charge is -2.12. The van der Waals surface area contributed by atoms with Gasteiger partial charge in [-0.3, -0.25) is 4.79 Å². The van der Waals surface area contributed by atoms with Crippen molar-refractivity contribution in [3.05, 3.63) is 23.7 Å². The molecule has 0 aromatic carbocycles. The van der Waals surface area contributed by atoms with Gasteiger partial charge in [-0.15, -0.1) is 0 Å². The normalized spacial score (nSPS) is 14.9. The highest BCUT2D eigenvalue weighted by molar-refractivity contribution is 5.90. The number of carbonyl (C=O) groups is 2. The zero-order valence-electron chi connectivity index (χ0n) is 6.85. The van der Waals surface area contributed by atoms with Gasteiger partial charge in [-0.05, 0) is 13.0 Å². The third-order valence-electron chi connectivity index (χ3n) is 1.58. The van der Waals surface area contributed by atoms with E-state index in [0.717, 1.165) is 13.2 Å². The van der Waals surface area contributed by atoms with E-state index in [0.29, 0.717) is 0 Å². The molecule has 0 fully saturated rings. The van der Waals surface area contributed by atoms with E-state index in [1.165, 1.54) is 6.07 Å². The molecule has 1 aromatic heterocycles. The maximum absolute atomic E-state index is 10.6. The predicted molar refractivity (Wildman–Crippen MR) is 41.3 cm³/mol. The van der Waals surface area contributed by atoms with Crippen LogP contribution in [0.4, 0.5) is 0 Å². The Balaban J connectivity index is 3.22. The fraction of sp³-hybridized carbons (Fsp3) is 0.250. The van der Waals surface area contributed by atoms with Crippen LogP contribution >= 0.6 is 0 Å². The van der Waals surface area contributed by atoms with Crippen molar-refractivity contribution in [1.82, 2.24) is 0 Å². The van der Waals surface area contributed by atoms with E-state index in [1.807, 2.05) is 0 Å². The Morgan fingerprint density at radius 3 is 2.77 bits per heavy atom. The van der Waals surface area contributed by atoms with Crippen molar-refractivity contribution in [3.8, 4) is 0 Å². The van der Waals surface area contributed by atoms with Crippen molar-refractivity contribution in [2.75, 3.05) is 0 Å². The van der Waals surface area contributed by atoms with Gasteiger partial charge in [0, 0.05) is 0 Å². The van der Waals surface area contributed by atoms with Crippen molar-refractivity contribution in [2.45, 2.75) is 12.5 Å². The zero-order valence-corrected chi connectivity index (χ0v) is 6.85. The Kier molecular flexibility index (Phi) is 2.20. The second kappa shape index (κ2) is 3.02. The molecular formula is C8H8O5. The molecule has 70 valence electrons. The first-order valence-corrected chi connectivity index (χ1v) is 3.49. The van der Waals surface area contributed by atoms with Gasteiger partial charge in [-0.25, -0.2) is 4.79 Å². The van der Waals surface area contributed by atoms with Crippen molar-refractivity contribution in [3.63, 3.8) is 0 Å². The van der Waals surface area contributed by atoms with Crippen LogP contribution in [0.25, 0.3) is 0 Å². The van der Waals surface area contributed by atoms with E-state index in [-0.39, 0.29) is 17.6 Å². The second-order valence-corrected chi connectivity index (χ2v) is 2.73. The lowest BCUT2D eigenvalue weighted by molar-refractivity contribution is -0.124. The Morgan fingerprint density at radius 1 is 1.69 bits per heavy atom. The summed E-state index contributed by atoms with van der Waals surface area (Å²) in [7, 11) is 0. The summed E-state index contributed by atoms with van der Waals surface area (Å²) in [5.74, 6) is -1.50. The topological polar surface area (TPSA) is 87.7 Å². The van der Waals surface area contributed by atoms with Crippen LogP contribution in [0, 0.1) is 0 Å². The van der Waals surface area contributed by atoms with Crippen LogP contribution in [0.15, 0.2) is 16.7 Å². The van der Waals surface area contributed by atoms with E-state index in [9.17, 15) is 14.7 Å². The molecule has 1 unspecified atom stereocenters. The van der Waals surface area contributed by atoms with E-state index in [1.54, 1.807) is 0 Å².